The lowest BCUT2D eigenvalue weighted by Crippen LogP contribution is -2.44. The second-order valence-electron chi connectivity index (χ2n) is 11.1. The predicted molar refractivity (Wildman–Crippen MR) is 165 cm³/mol. The minimum absolute atomic E-state index is 0.0360. The Balaban J connectivity index is 1.27. The Bertz CT molecular complexity index is 1370. The third-order valence-electron chi connectivity index (χ3n) is 8.07. The van der Waals surface area contributed by atoms with Gasteiger partial charge in [-0.15, -0.1) is 11.3 Å². The molecule has 0 bridgehead atoms. The van der Waals surface area contributed by atoms with E-state index in [2.05, 4.69) is 45.0 Å². The van der Waals surface area contributed by atoms with Crippen molar-refractivity contribution in [3.8, 4) is 0 Å². The zero-order valence-corrected chi connectivity index (χ0v) is 25.0. The molecule has 3 N–H and O–H groups in total. The Hall–Kier alpha value is -3.10. The van der Waals surface area contributed by atoms with Gasteiger partial charge in [-0.1, -0.05) is 37.3 Å². The minimum atomic E-state index is -0.587. The average Bonchev–Trinajstić information content (AvgIpc) is 3.63. The van der Waals surface area contributed by atoms with Gasteiger partial charge in [0.15, 0.2) is 0 Å². The number of pyridine rings is 1. The number of carbonyl (C=O) groups excluding carboxylic acids is 2. The topological polar surface area (TPSA) is 86.4 Å². The molecule has 1 aliphatic heterocycles. The van der Waals surface area contributed by atoms with Crippen LogP contribution in [-0.4, -0.2) is 36.4 Å². The molecule has 7 nitrogen and oxygen atoms in total. The lowest BCUT2D eigenvalue weighted by Gasteiger charge is -2.28. The number of benzene rings is 1. The maximum Gasteiger partial charge on any atom is 0.262 e. The fraction of sp³-hybridized carbons (Fsp3) is 0.452. The highest BCUT2D eigenvalue weighted by atomic mass is 35.5. The first kappa shape index (κ1) is 28.4. The number of carbonyl (C=O) groups is 2. The van der Waals surface area contributed by atoms with Crippen molar-refractivity contribution < 1.29 is 9.59 Å². The van der Waals surface area contributed by atoms with Crippen LogP contribution in [0.15, 0.2) is 42.6 Å². The average molecular weight is 580 g/mol. The fourth-order valence-corrected chi connectivity index (χ4v) is 6.87. The first-order valence-corrected chi connectivity index (χ1v) is 15.4. The lowest BCUT2D eigenvalue weighted by atomic mass is 9.97. The molecule has 1 saturated carbocycles. The Kier molecular flexibility index (Phi) is 8.96. The smallest absolute Gasteiger partial charge is 0.262 e. The molecule has 1 aliphatic carbocycles. The van der Waals surface area contributed by atoms with Crippen molar-refractivity contribution in [3.63, 3.8) is 0 Å². The van der Waals surface area contributed by atoms with E-state index in [1.165, 1.54) is 35.4 Å². The van der Waals surface area contributed by atoms with Gasteiger partial charge in [0.2, 0.25) is 5.91 Å². The van der Waals surface area contributed by atoms with Crippen molar-refractivity contribution >= 4 is 51.8 Å². The molecule has 2 aromatic heterocycles. The summed E-state index contributed by atoms with van der Waals surface area (Å²) in [5.74, 6) is 0.0836. The molecule has 3 aromatic rings. The number of hydrogen-bond acceptors (Lipinski definition) is 6. The summed E-state index contributed by atoms with van der Waals surface area (Å²) in [6, 6.07) is 11.1. The van der Waals surface area contributed by atoms with Gasteiger partial charge in [0, 0.05) is 36.0 Å². The summed E-state index contributed by atoms with van der Waals surface area (Å²) >= 11 is 7.56. The van der Waals surface area contributed by atoms with E-state index < -0.39 is 6.04 Å². The number of anilines is 3. The van der Waals surface area contributed by atoms with Gasteiger partial charge in [0.1, 0.15) is 6.04 Å². The number of aryl methyl sites for hydroxylation is 2. The van der Waals surface area contributed by atoms with E-state index in [9.17, 15) is 9.59 Å². The normalized spacial score (nSPS) is 16.8. The first-order chi connectivity index (χ1) is 19.3. The number of aromatic nitrogens is 1. The molecule has 0 spiro atoms. The van der Waals surface area contributed by atoms with Gasteiger partial charge in [-0.05, 0) is 81.0 Å². The zero-order valence-electron chi connectivity index (χ0n) is 23.4. The van der Waals surface area contributed by atoms with Crippen LogP contribution in [0.4, 0.5) is 17.1 Å². The predicted octanol–water partition coefficient (Wildman–Crippen LogP) is 6.98. The molecule has 5 rings (SSSR count). The Morgan fingerprint density at radius 1 is 1.15 bits per heavy atom. The van der Waals surface area contributed by atoms with Crippen molar-refractivity contribution in [2.45, 2.75) is 70.9 Å². The van der Waals surface area contributed by atoms with E-state index in [1.807, 2.05) is 38.1 Å². The summed E-state index contributed by atoms with van der Waals surface area (Å²) in [4.78, 5) is 35.1. The molecule has 0 saturated heterocycles. The highest BCUT2D eigenvalue weighted by molar-refractivity contribution is 7.14. The van der Waals surface area contributed by atoms with Crippen LogP contribution in [0.2, 0.25) is 5.02 Å². The number of nitrogens with one attached hydrogen (secondary N) is 3. The molecule has 2 unspecified atom stereocenters. The second-order valence-corrected chi connectivity index (χ2v) is 12.7. The van der Waals surface area contributed by atoms with Crippen molar-refractivity contribution in [1.82, 2.24) is 10.3 Å². The SMILES string of the molecule is Cc1ncc(Cl)cc1NC(C)c1ccc(C(=O)NC(CC2CCCC2)C(=O)Nc2ccc3c(c2)CCCN3C)s1. The van der Waals surface area contributed by atoms with Crippen LogP contribution in [0.25, 0.3) is 0 Å². The summed E-state index contributed by atoms with van der Waals surface area (Å²) in [7, 11) is 2.10. The number of hydrogen-bond donors (Lipinski definition) is 3. The summed E-state index contributed by atoms with van der Waals surface area (Å²) in [6.45, 7) is 5.02. The van der Waals surface area contributed by atoms with Gasteiger partial charge in [0.05, 0.1) is 27.3 Å². The lowest BCUT2D eigenvalue weighted by molar-refractivity contribution is -0.118. The van der Waals surface area contributed by atoms with Gasteiger partial charge in [-0.3, -0.25) is 14.6 Å². The van der Waals surface area contributed by atoms with Crippen molar-refractivity contribution in [1.29, 1.82) is 0 Å². The van der Waals surface area contributed by atoms with Crippen LogP contribution in [0.5, 0.6) is 0 Å². The largest absolute Gasteiger partial charge is 0.376 e. The van der Waals surface area contributed by atoms with Crippen LogP contribution in [0.3, 0.4) is 0 Å². The molecule has 40 heavy (non-hydrogen) atoms. The molecule has 1 aromatic carbocycles. The van der Waals surface area contributed by atoms with E-state index in [4.69, 9.17) is 11.6 Å². The monoisotopic (exact) mass is 579 g/mol. The Morgan fingerprint density at radius 2 is 1.95 bits per heavy atom. The van der Waals surface area contributed by atoms with E-state index in [1.54, 1.807) is 6.20 Å². The second kappa shape index (κ2) is 12.6. The molecular weight excluding hydrogens is 542 g/mol. The molecule has 0 radical (unpaired) electrons. The third-order valence-corrected chi connectivity index (χ3v) is 9.54. The molecule has 212 valence electrons. The summed E-state index contributed by atoms with van der Waals surface area (Å²) < 4.78 is 0. The molecule has 2 amide bonds. The molecule has 9 heteroatoms. The molecule has 3 heterocycles. The first-order valence-electron chi connectivity index (χ1n) is 14.2. The number of rotatable bonds is 9. The maximum atomic E-state index is 13.5. The summed E-state index contributed by atoms with van der Waals surface area (Å²) in [6.07, 6.45) is 8.98. The zero-order chi connectivity index (χ0) is 28.2. The van der Waals surface area contributed by atoms with Gasteiger partial charge in [-0.25, -0.2) is 0 Å². The number of amides is 2. The van der Waals surface area contributed by atoms with Crippen LogP contribution < -0.4 is 20.9 Å². The van der Waals surface area contributed by atoms with Crippen LogP contribution in [-0.2, 0) is 11.2 Å². The minimum Gasteiger partial charge on any atom is -0.376 e. The highest BCUT2D eigenvalue weighted by Crippen LogP contribution is 2.32. The Morgan fingerprint density at radius 3 is 2.75 bits per heavy atom. The van der Waals surface area contributed by atoms with Gasteiger partial charge >= 0.3 is 0 Å². The van der Waals surface area contributed by atoms with Crippen LogP contribution >= 0.6 is 22.9 Å². The third kappa shape index (κ3) is 6.78. The van der Waals surface area contributed by atoms with Gasteiger partial charge < -0.3 is 20.9 Å². The van der Waals surface area contributed by atoms with Crippen molar-refractivity contribution in [2.75, 3.05) is 29.1 Å². The fourth-order valence-electron chi connectivity index (χ4n) is 5.80. The van der Waals surface area contributed by atoms with Gasteiger partial charge in [-0.2, -0.15) is 0 Å². The quantitative estimate of drug-likeness (QED) is 0.255. The summed E-state index contributed by atoms with van der Waals surface area (Å²) in [5, 5.41) is 10.2. The highest BCUT2D eigenvalue weighted by Gasteiger charge is 2.28. The van der Waals surface area contributed by atoms with E-state index in [-0.39, 0.29) is 17.9 Å². The summed E-state index contributed by atoms with van der Waals surface area (Å²) in [5.41, 5.74) is 4.98. The van der Waals surface area contributed by atoms with Crippen molar-refractivity contribution in [3.05, 3.63) is 68.6 Å². The number of fused-ring (bicyclic) bond motifs is 1. The van der Waals surface area contributed by atoms with Gasteiger partial charge in [0.25, 0.3) is 5.91 Å². The molecular formula is C31H38ClN5O2S. The van der Waals surface area contributed by atoms with Crippen LogP contribution in [0.1, 0.15) is 77.3 Å². The van der Waals surface area contributed by atoms with E-state index in [0.29, 0.717) is 22.2 Å². The number of thiophene rings is 1. The maximum absolute atomic E-state index is 13.5. The van der Waals surface area contributed by atoms with Crippen LogP contribution in [0, 0.1) is 12.8 Å². The molecule has 2 aliphatic rings. The number of halogens is 1. The number of nitrogens with zero attached hydrogens (tertiary/aromatic N) is 2. The molecule has 1 fully saturated rings. The standard InChI is InChI=1S/C31H38ClN5O2S/c1-19-25(17-23(32)18-33-19)34-20(2)28-12-13-29(40-28)31(39)36-26(15-21-7-4-5-8-21)30(38)35-24-10-11-27-22(16-24)9-6-14-37(27)3/h10-13,16-18,20-21,26,34H,4-9,14-15H2,1-3H3,(H,35,38)(H,36,39). The molecule has 2 atom stereocenters. The van der Waals surface area contributed by atoms with Crippen molar-refractivity contribution in [2.24, 2.45) is 5.92 Å². The van der Waals surface area contributed by atoms with E-state index in [0.717, 1.165) is 54.2 Å². The Labute approximate surface area is 245 Å². The van der Waals surface area contributed by atoms with E-state index >= 15 is 0 Å².